The Balaban J connectivity index is 2.46. The topological polar surface area (TPSA) is 58.2 Å². The standard InChI is InChI=1S/C21H34N2O2/c1-5-8-16(3)12-20(24)22-15-18-10-7-11-19(14-18)23-21(25)13-17(4)9-6-2/h7,10-11,14,16-17H,5-6,8-9,12-13,15H2,1-4H3,(H,22,24)(H,23,25). The molecule has 4 heteroatoms. The first-order valence-electron chi connectivity index (χ1n) is 9.60. The highest BCUT2D eigenvalue weighted by Gasteiger charge is 2.10. The lowest BCUT2D eigenvalue weighted by atomic mass is 10.0. The summed E-state index contributed by atoms with van der Waals surface area (Å²) >= 11 is 0. The van der Waals surface area contributed by atoms with Gasteiger partial charge >= 0.3 is 0 Å². The molecule has 0 spiro atoms. The lowest BCUT2D eigenvalue weighted by molar-refractivity contribution is -0.122. The largest absolute Gasteiger partial charge is 0.352 e. The SMILES string of the molecule is CCCC(C)CC(=O)NCc1cccc(NC(=O)CC(C)CCC)c1. The van der Waals surface area contributed by atoms with Crippen LogP contribution >= 0.6 is 0 Å². The summed E-state index contributed by atoms with van der Waals surface area (Å²) in [5, 5.41) is 5.92. The molecule has 2 unspecified atom stereocenters. The summed E-state index contributed by atoms with van der Waals surface area (Å²) in [5.74, 6) is 0.956. The molecule has 2 atom stereocenters. The zero-order chi connectivity index (χ0) is 18.7. The Morgan fingerprint density at radius 2 is 1.56 bits per heavy atom. The maximum atomic E-state index is 12.1. The van der Waals surface area contributed by atoms with Crippen LogP contribution in [-0.2, 0) is 16.1 Å². The summed E-state index contributed by atoms with van der Waals surface area (Å²) in [6, 6.07) is 7.69. The summed E-state index contributed by atoms with van der Waals surface area (Å²) in [7, 11) is 0. The van der Waals surface area contributed by atoms with Crippen molar-refractivity contribution in [2.75, 3.05) is 5.32 Å². The number of carbonyl (C=O) groups is 2. The van der Waals surface area contributed by atoms with Crippen molar-refractivity contribution < 1.29 is 9.59 Å². The average Bonchev–Trinajstić information content (AvgIpc) is 2.53. The molecular formula is C21H34N2O2. The second-order valence-corrected chi connectivity index (χ2v) is 7.22. The quantitative estimate of drug-likeness (QED) is 0.599. The van der Waals surface area contributed by atoms with Crippen LogP contribution in [0.1, 0.15) is 71.8 Å². The maximum Gasteiger partial charge on any atom is 0.224 e. The van der Waals surface area contributed by atoms with Crippen LogP contribution in [0.4, 0.5) is 5.69 Å². The van der Waals surface area contributed by atoms with E-state index in [-0.39, 0.29) is 11.8 Å². The van der Waals surface area contributed by atoms with Crippen molar-refractivity contribution in [2.24, 2.45) is 11.8 Å². The van der Waals surface area contributed by atoms with Gasteiger partial charge in [0.25, 0.3) is 0 Å². The fourth-order valence-corrected chi connectivity index (χ4v) is 3.07. The minimum atomic E-state index is 0.0514. The van der Waals surface area contributed by atoms with Gasteiger partial charge in [-0.2, -0.15) is 0 Å². The van der Waals surface area contributed by atoms with Gasteiger partial charge in [-0.1, -0.05) is 65.5 Å². The van der Waals surface area contributed by atoms with Crippen LogP contribution in [0.15, 0.2) is 24.3 Å². The molecule has 140 valence electrons. The number of anilines is 1. The minimum Gasteiger partial charge on any atom is -0.352 e. The van der Waals surface area contributed by atoms with Crippen LogP contribution in [0, 0.1) is 11.8 Å². The van der Waals surface area contributed by atoms with Crippen molar-refractivity contribution in [3.05, 3.63) is 29.8 Å². The molecule has 0 saturated heterocycles. The average molecular weight is 347 g/mol. The van der Waals surface area contributed by atoms with Gasteiger partial charge in [-0.25, -0.2) is 0 Å². The van der Waals surface area contributed by atoms with E-state index in [1.165, 1.54) is 0 Å². The summed E-state index contributed by atoms with van der Waals surface area (Å²) < 4.78 is 0. The molecule has 0 aliphatic carbocycles. The van der Waals surface area contributed by atoms with Crippen LogP contribution in [0.5, 0.6) is 0 Å². The van der Waals surface area contributed by atoms with Crippen molar-refractivity contribution in [3.63, 3.8) is 0 Å². The fourth-order valence-electron chi connectivity index (χ4n) is 3.07. The van der Waals surface area contributed by atoms with Gasteiger partial charge in [0.05, 0.1) is 0 Å². The van der Waals surface area contributed by atoms with E-state index in [9.17, 15) is 9.59 Å². The highest BCUT2D eigenvalue weighted by atomic mass is 16.2. The van der Waals surface area contributed by atoms with Crippen molar-refractivity contribution in [1.29, 1.82) is 0 Å². The van der Waals surface area contributed by atoms with E-state index < -0.39 is 0 Å². The normalized spacial score (nSPS) is 13.1. The predicted octanol–water partition coefficient (Wildman–Crippen LogP) is 4.89. The van der Waals surface area contributed by atoms with E-state index in [0.717, 1.165) is 36.9 Å². The molecule has 0 fully saturated rings. The fraction of sp³-hybridized carbons (Fsp3) is 0.619. The smallest absolute Gasteiger partial charge is 0.224 e. The number of nitrogens with one attached hydrogen (secondary N) is 2. The molecule has 0 aromatic heterocycles. The van der Waals surface area contributed by atoms with Crippen molar-refractivity contribution in [3.8, 4) is 0 Å². The van der Waals surface area contributed by atoms with Crippen molar-refractivity contribution in [1.82, 2.24) is 5.32 Å². The third-order valence-corrected chi connectivity index (χ3v) is 4.33. The lowest BCUT2D eigenvalue weighted by Crippen LogP contribution is -2.24. The zero-order valence-electron chi connectivity index (χ0n) is 16.2. The van der Waals surface area contributed by atoms with Gasteiger partial charge in [0.1, 0.15) is 0 Å². The molecule has 0 bridgehead atoms. The van der Waals surface area contributed by atoms with Crippen LogP contribution in [0.25, 0.3) is 0 Å². The summed E-state index contributed by atoms with van der Waals surface area (Å²) in [6.45, 7) is 8.98. The molecule has 0 saturated carbocycles. The van der Waals surface area contributed by atoms with Crippen LogP contribution < -0.4 is 10.6 Å². The molecule has 0 aliphatic rings. The number of amides is 2. The number of hydrogen-bond acceptors (Lipinski definition) is 2. The molecule has 0 heterocycles. The first-order chi connectivity index (χ1) is 11.9. The number of benzene rings is 1. The van der Waals surface area contributed by atoms with Crippen LogP contribution in [-0.4, -0.2) is 11.8 Å². The van der Waals surface area contributed by atoms with Crippen molar-refractivity contribution in [2.45, 2.75) is 72.8 Å². The van der Waals surface area contributed by atoms with Crippen molar-refractivity contribution >= 4 is 17.5 Å². The van der Waals surface area contributed by atoms with Gasteiger partial charge in [0.2, 0.25) is 11.8 Å². The zero-order valence-corrected chi connectivity index (χ0v) is 16.2. The highest BCUT2D eigenvalue weighted by Crippen LogP contribution is 2.15. The Kier molecular flexibility index (Phi) is 9.90. The molecule has 1 aromatic carbocycles. The Bertz CT molecular complexity index is 542. The van der Waals surface area contributed by atoms with Gasteiger partial charge in [-0.3, -0.25) is 9.59 Å². The summed E-state index contributed by atoms with van der Waals surface area (Å²) in [5.41, 5.74) is 1.79. The Morgan fingerprint density at radius 3 is 2.16 bits per heavy atom. The number of carbonyl (C=O) groups excluding carboxylic acids is 2. The lowest BCUT2D eigenvalue weighted by Gasteiger charge is -2.12. The Hall–Kier alpha value is -1.84. The molecule has 2 amide bonds. The second-order valence-electron chi connectivity index (χ2n) is 7.22. The molecule has 1 aromatic rings. The number of hydrogen-bond donors (Lipinski definition) is 2. The molecule has 0 radical (unpaired) electrons. The predicted molar refractivity (Wildman–Crippen MR) is 104 cm³/mol. The highest BCUT2D eigenvalue weighted by molar-refractivity contribution is 5.90. The third kappa shape index (κ3) is 9.28. The van der Waals surface area contributed by atoms with E-state index in [0.29, 0.717) is 31.2 Å². The van der Waals surface area contributed by atoms with Gasteiger partial charge in [-0.05, 0) is 29.5 Å². The van der Waals surface area contributed by atoms with Gasteiger partial charge in [0.15, 0.2) is 0 Å². The van der Waals surface area contributed by atoms with E-state index in [2.05, 4.69) is 38.3 Å². The van der Waals surface area contributed by atoms with E-state index in [1.807, 2.05) is 24.3 Å². The van der Waals surface area contributed by atoms with Crippen LogP contribution in [0.3, 0.4) is 0 Å². The van der Waals surface area contributed by atoms with Crippen LogP contribution in [0.2, 0.25) is 0 Å². The minimum absolute atomic E-state index is 0.0514. The molecule has 2 N–H and O–H groups in total. The van der Waals surface area contributed by atoms with Gasteiger partial charge in [-0.15, -0.1) is 0 Å². The first-order valence-corrected chi connectivity index (χ1v) is 9.60. The summed E-state index contributed by atoms with van der Waals surface area (Å²) in [6.07, 6.45) is 5.46. The van der Waals surface area contributed by atoms with Gasteiger partial charge < -0.3 is 10.6 Å². The Labute approximate surface area is 152 Å². The Morgan fingerprint density at radius 1 is 0.960 bits per heavy atom. The molecule has 0 aliphatic heterocycles. The second kappa shape index (κ2) is 11.7. The van der Waals surface area contributed by atoms with Gasteiger partial charge in [0, 0.05) is 25.1 Å². The molecular weight excluding hydrogens is 312 g/mol. The number of rotatable bonds is 11. The molecule has 4 nitrogen and oxygen atoms in total. The maximum absolute atomic E-state index is 12.1. The molecule has 25 heavy (non-hydrogen) atoms. The first kappa shape index (κ1) is 21.2. The van der Waals surface area contributed by atoms with E-state index in [4.69, 9.17) is 0 Å². The summed E-state index contributed by atoms with van der Waals surface area (Å²) in [4.78, 5) is 24.0. The van der Waals surface area contributed by atoms with E-state index in [1.54, 1.807) is 0 Å². The van der Waals surface area contributed by atoms with E-state index >= 15 is 0 Å². The molecule has 1 rings (SSSR count). The third-order valence-electron chi connectivity index (χ3n) is 4.33. The monoisotopic (exact) mass is 346 g/mol.